The van der Waals surface area contributed by atoms with Crippen molar-refractivity contribution >= 4 is 20.8 Å². The molecule has 0 heterocycles. The van der Waals surface area contributed by atoms with E-state index in [1.807, 2.05) is 0 Å². The normalized spacial score (nSPS) is 8.75. The van der Waals surface area contributed by atoms with Crippen molar-refractivity contribution in [3.05, 3.63) is 0 Å². The molecule has 0 saturated heterocycles. The summed E-state index contributed by atoms with van der Waals surface area (Å²) in [6, 6.07) is 0. The van der Waals surface area contributed by atoms with Crippen LogP contribution in [0.2, 0.25) is 0 Å². The zero-order chi connectivity index (χ0) is 10.4. The molecule has 0 aromatic rings. The van der Waals surface area contributed by atoms with Crippen molar-refractivity contribution < 1.29 is 163 Å². The van der Waals surface area contributed by atoms with Gasteiger partial charge in [0.25, 0.3) is 0 Å². The molecule has 0 radical (unpaired) electrons. The molecule has 0 unspecified atom stereocenters. The molecule has 0 fully saturated rings. The van der Waals surface area contributed by atoms with E-state index in [9.17, 15) is 25.9 Å². The van der Waals surface area contributed by atoms with Crippen molar-refractivity contribution in [2.75, 3.05) is 0 Å². The minimum atomic E-state index is -5.31. The number of rotatable bonds is 3. The third-order valence-corrected chi connectivity index (χ3v) is 0.750. The molecule has 76 valence electrons. The monoisotopic (exact) mass is 316 g/mol. The Kier molecular flexibility index (Phi) is 42.8. The van der Waals surface area contributed by atoms with E-state index in [1.54, 1.807) is 0 Å². The fraction of sp³-hybridized carbons (Fsp3) is 0. The predicted octanol–water partition coefficient (Wildman–Crippen LogP) is -16.5. The molecule has 0 saturated carbocycles. The second-order valence-electron chi connectivity index (χ2n) is 0.953. The van der Waals surface area contributed by atoms with Gasteiger partial charge in [0.15, 0.2) is 0 Å². The van der Waals surface area contributed by atoms with Crippen LogP contribution in [-0.4, -0.2) is 25.9 Å². The topological polar surface area (TPSA) is 179 Å². The van der Waals surface area contributed by atoms with E-state index in [4.69, 9.17) is 10.5 Å². The average Bonchev–Trinajstić information content (AvgIpc) is 1.86. The van der Waals surface area contributed by atoms with Crippen molar-refractivity contribution in [2.45, 2.75) is 0 Å². The van der Waals surface area contributed by atoms with E-state index in [-0.39, 0.29) is 118 Å². The van der Waals surface area contributed by atoms with Crippen LogP contribution in [0.5, 0.6) is 0 Å². The molecular formula is Na4O10S2. The average molecular weight is 316 g/mol. The van der Waals surface area contributed by atoms with Crippen LogP contribution in [0.25, 0.3) is 0 Å². The van der Waals surface area contributed by atoms with Crippen molar-refractivity contribution in [1.29, 1.82) is 0 Å². The first-order chi connectivity index (χ1) is 5.21. The molecule has 10 nitrogen and oxygen atoms in total. The van der Waals surface area contributed by atoms with Crippen molar-refractivity contribution in [3.63, 3.8) is 0 Å². The van der Waals surface area contributed by atoms with E-state index >= 15 is 0 Å². The van der Waals surface area contributed by atoms with E-state index in [0.717, 1.165) is 0 Å². The smallest absolute Gasteiger partial charge is 1.00 e. The Labute approximate surface area is 180 Å². The fourth-order valence-electron chi connectivity index (χ4n) is 0.0680. The Balaban J connectivity index is -0.0000000393. The summed E-state index contributed by atoms with van der Waals surface area (Å²) in [4.78, 5) is 0. The summed E-state index contributed by atoms with van der Waals surface area (Å²) in [7, 11) is -10.6. The summed E-state index contributed by atoms with van der Waals surface area (Å²) in [5.41, 5.74) is 0. The Morgan fingerprint density at radius 1 is 0.625 bits per heavy atom. The first-order valence-corrected chi connectivity index (χ1v) is 4.33. The molecule has 0 rings (SSSR count). The standard InChI is InChI=1S/4Na.H2O8S2.O2/c;;;;1-9(2,3)7-8-10(4,5)6;1-2/h;;;;(H,1,2,3)(H,4,5,6);/q4*+1;;-2/p-2. The van der Waals surface area contributed by atoms with Crippen molar-refractivity contribution in [2.24, 2.45) is 0 Å². The molecule has 0 aromatic heterocycles. The zero-order valence-electron chi connectivity index (χ0n) is 8.90. The summed E-state index contributed by atoms with van der Waals surface area (Å²) in [6.07, 6.45) is 0. The largest absolute Gasteiger partial charge is 1.00 e. The quantitative estimate of drug-likeness (QED) is 0.159. The maximum atomic E-state index is 9.37. The predicted molar refractivity (Wildman–Crippen MR) is 21.6 cm³/mol. The molecule has 0 spiro atoms. The van der Waals surface area contributed by atoms with Crippen molar-refractivity contribution in [1.82, 2.24) is 0 Å². The van der Waals surface area contributed by atoms with E-state index < -0.39 is 20.8 Å². The van der Waals surface area contributed by atoms with Crippen LogP contribution < -0.4 is 129 Å². The van der Waals surface area contributed by atoms with Crippen LogP contribution in [0.3, 0.4) is 0 Å². The maximum Gasteiger partial charge on any atom is 1.00 e. The summed E-state index contributed by atoms with van der Waals surface area (Å²) >= 11 is 0. The fourth-order valence-corrected chi connectivity index (χ4v) is 0.612. The second-order valence-corrected chi connectivity index (χ2v) is 2.86. The third-order valence-electron chi connectivity index (χ3n) is 0.194. The van der Waals surface area contributed by atoms with Crippen molar-refractivity contribution in [3.8, 4) is 0 Å². The van der Waals surface area contributed by atoms with Gasteiger partial charge in [0.1, 0.15) is 0 Å². The molecule has 16 heavy (non-hydrogen) atoms. The molecule has 16 heteroatoms. The Morgan fingerprint density at radius 3 is 0.812 bits per heavy atom. The first-order valence-electron chi connectivity index (χ1n) is 1.67. The number of hydrogen-bond acceptors (Lipinski definition) is 10. The van der Waals surface area contributed by atoms with Crippen LogP contribution in [-0.2, 0) is 29.5 Å². The van der Waals surface area contributed by atoms with Gasteiger partial charge in [-0.05, 0) is 0 Å². The Morgan fingerprint density at radius 2 is 0.750 bits per heavy atom. The van der Waals surface area contributed by atoms with Gasteiger partial charge in [-0.15, -0.1) is 8.67 Å². The van der Waals surface area contributed by atoms with Gasteiger partial charge in [-0.3, -0.25) is 0 Å². The molecule has 0 aliphatic rings. The van der Waals surface area contributed by atoms with Gasteiger partial charge in [0.2, 0.25) is 20.8 Å². The number of hydrogen-bond donors (Lipinski definition) is 0. The molecule has 0 atom stereocenters. The van der Waals surface area contributed by atoms with Crippen LogP contribution in [0.15, 0.2) is 0 Å². The van der Waals surface area contributed by atoms with E-state index in [2.05, 4.69) is 8.67 Å². The zero-order valence-corrected chi connectivity index (χ0v) is 18.5. The molecule has 0 aromatic carbocycles. The minimum absolute atomic E-state index is 0. The van der Waals surface area contributed by atoms with Gasteiger partial charge >= 0.3 is 118 Å². The summed E-state index contributed by atoms with van der Waals surface area (Å²) in [6.45, 7) is 0. The Bertz CT molecular complexity index is 257. The third kappa shape index (κ3) is 43.1. The molecule has 0 bridgehead atoms. The summed E-state index contributed by atoms with van der Waals surface area (Å²) < 4.78 is 61.5. The molecule has 0 amide bonds. The van der Waals surface area contributed by atoms with Gasteiger partial charge in [-0.2, -0.15) is 0 Å². The van der Waals surface area contributed by atoms with Crippen LogP contribution in [0.1, 0.15) is 0 Å². The van der Waals surface area contributed by atoms with Crippen LogP contribution in [0.4, 0.5) is 0 Å². The van der Waals surface area contributed by atoms with Crippen LogP contribution in [0, 0.1) is 0 Å². The summed E-state index contributed by atoms with van der Waals surface area (Å²) in [5, 5.41) is 14.0. The molecule has 0 aliphatic carbocycles. The second kappa shape index (κ2) is 18.7. The van der Waals surface area contributed by atoms with Gasteiger partial charge < -0.3 is 19.6 Å². The van der Waals surface area contributed by atoms with E-state index in [1.165, 1.54) is 0 Å². The van der Waals surface area contributed by atoms with Gasteiger partial charge in [-0.25, -0.2) is 16.8 Å². The van der Waals surface area contributed by atoms with Gasteiger partial charge in [-0.1, -0.05) is 0 Å². The molecular weight excluding hydrogens is 316 g/mol. The Hall–Kier alpha value is 3.66. The van der Waals surface area contributed by atoms with Crippen LogP contribution >= 0.6 is 0 Å². The molecule has 0 aliphatic heterocycles. The first kappa shape index (κ1) is 36.7. The minimum Gasteiger partial charge on any atom is -1.00 e. The van der Waals surface area contributed by atoms with Gasteiger partial charge in [0, 0.05) is 0 Å². The van der Waals surface area contributed by atoms with E-state index in [0.29, 0.717) is 0 Å². The van der Waals surface area contributed by atoms with Gasteiger partial charge in [0.05, 0.1) is 0 Å². The summed E-state index contributed by atoms with van der Waals surface area (Å²) in [5.74, 6) is 0. The molecule has 0 N–H and O–H groups in total. The SMILES string of the molecule is O=S(=O)([O-])OOS(=O)(=O)[O-].[Na+].[Na+].[Na+].[Na+].[O-][O-]. The maximum absolute atomic E-state index is 9.37.